The molecule has 23 heavy (non-hydrogen) atoms. The van der Waals surface area contributed by atoms with E-state index in [1.165, 1.54) is 6.42 Å². The molecule has 3 heterocycles. The molecular weight excluding hydrogens is 318 g/mol. The second-order valence-electron chi connectivity index (χ2n) is 6.36. The summed E-state index contributed by atoms with van der Waals surface area (Å²) in [6.07, 6.45) is 7.89. The molecule has 0 amide bonds. The average Bonchev–Trinajstić information content (AvgIpc) is 3.16. The number of fused-ring (bicyclic) bond motifs is 1. The lowest BCUT2D eigenvalue weighted by atomic mass is 10.1. The van der Waals surface area contributed by atoms with Crippen LogP contribution < -0.4 is 5.56 Å². The first-order valence-electron chi connectivity index (χ1n) is 8.25. The van der Waals surface area contributed by atoms with E-state index in [0.29, 0.717) is 16.4 Å². The summed E-state index contributed by atoms with van der Waals surface area (Å²) in [5.74, 6) is 0.923. The third-order valence-corrected chi connectivity index (χ3v) is 5.05. The molecule has 0 spiro atoms. The maximum atomic E-state index is 12.2. The first-order chi connectivity index (χ1) is 11.2. The third-order valence-electron chi connectivity index (χ3n) is 4.74. The Hall–Kier alpha value is -1.37. The highest BCUT2D eigenvalue weighted by atomic mass is 35.5. The molecule has 124 valence electrons. The molecule has 0 radical (unpaired) electrons. The van der Waals surface area contributed by atoms with Crippen molar-refractivity contribution in [1.29, 1.82) is 0 Å². The number of hydrogen-bond acceptors (Lipinski definition) is 4. The average molecular weight is 338 g/mol. The summed E-state index contributed by atoms with van der Waals surface area (Å²) in [7, 11) is 0. The van der Waals surface area contributed by atoms with Crippen LogP contribution in [0.2, 0.25) is 5.02 Å². The molecule has 2 aliphatic rings. The molecule has 4 rings (SSSR count). The van der Waals surface area contributed by atoms with E-state index in [1.807, 2.05) is 0 Å². The molecule has 1 unspecified atom stereocenters. The number of ether oxygens (including phenoxy) is 2. The SMILES string of the molecule is O=c1[nH]c([C@H]2CC[C@H](OC3CCCCO3)C2)nn2ccc(Cl)c12. The van der Waals surface area contributed by atoms with Crippen LogP contribution in [0.4, 0.5) is 0 Å². The molecule has 2 aromatic heterocycles. The fraction of sp³-hybridized carbons (Fsp3) is 0.625. The van der Waals surface area contributed by atoms with E-state index in [0.717, 1.165) is 38.7 Å². The zero-order valence-electron chi connectivity index (χ0n) is 12.8. The Bertz CT molecular complexity index is 751. The minimum atomic E-state index is -0.190. The first-order valence-corrected chi connectivity index (χ1v) is 8.62. The summed E-state index contributed by atoms with van der Waals surface area (Å²) in [6, 6.07) is 1.68. The molecule has 2 aromatic rings. The highest BCUT2D eigenvalue weighted by Gasteiger charge is 2.31. The second kappa shape index (κ2) is 6.26. The van der Waals surface area contributed by atoms with Crippen LogP contribution in [-0.4, -0.2) is 33.6 Å². The molecule has 3 atom stereocenters. The number of aromatic amines is 1. The van der Waals surface area contributed by atoms with E-state index in [9.17, 15) is 4.79 Å². The molecule has 1 saturated carbocycles. The molecule has 1 aliphatic carbocycles. The number of nitrogens with one attached hydrogen (secondary N) is 1. The molecule has 6 nitrogen and oxygen atoms in total. The molecule has 2 fully saturated rings. The first kappa shape index (κ1) is 15.2. The predicted octanol–water partition coefficient (Wildman–Crippen LogP) is 2.86. The standard InChI is InChI=1S/C16H20ClN3O3/c17-12-6-7-20-14(12)16(21)18-15(19-20)10-4-5-11(9-10)23-13-3-1-2-8-22-13/h6-7,10-11,13H,1-5,8-9H2,(H,18,19,21)/t10-,11-,13?/m0/s1. The Kier molecular flexibility index (Phi) is 4.13. The largest absolute Gasteiger partial charge is 0.353 e. The molecule has 1 aliphatic heterocycles. The van der Waals surface area contributed by atoms with Gasteiger partial charge in [0.2, 0.25) is 0 Å². The van der Waals surface area contributed by atoms with Gasteiger partial charge in [-0.25, -0.2) is 4.52 Å². The highest BCUT2D eigenvalue weighted by Crippen LogP contribution is 2.35. The fourth-order valence-corrected chi connectivity index (χ4v) is 3.77. The Labute approximate surface area is 138 Å². The van der Waals surface area contributed by atoms with Gasteiger partial charge in [0, 0.05) is 18.7 Å². The van der Waals surface area contributed by atoms with Gasteiger partial charge < -0.3 is 14.5 Å². The second-order valence-corrected chi connectivity index (χ2v) is 6.77. The summed E-state index contributed by atoms with van der Waals surface area (Å²) in [4.78, 5) is 15.1. The van der Waals surface area contributed by atoms with Gasteiger partial charge in [0.1, 0.15) is 11.3 Å². The van der Waals surface area contributed by atoms with Gasteiger partial charge in [-0.2, -0.15) is 5.10 Å². The van der Waals surface area contributed by atoms with Crippen LogP contribution in [0.1, 0.15) is 50.3 Å². The number of hydrogen-bond donors (Lipinski definition) is 1. The Morgan fingerprint density at radius 1 is 1.35 bits per heavy atom. The maximum Gasteiger partial charge on any atom is 0.276 e. The van der Waals surface area contributed by atoms with Crippen LogP contribution in [-0.2, 0) is 9.47 Å². The number of H-pyrrole nitrogens is 1. The zero-order chi connectivity index (χ0) is 15.8. The van der Waals surface area contributed by atoms with E-state index in [-0.39, 0.29) is 23.9 Å². The van der Waals surface area contributed by atoms with Crippen molar-refractivity contribution in [2.75, 3.05) is 6.61 Å². The lowest BCUT2D eigenvalue weighted by Crippen LogP contribution is -2.26. The van der Waals surface area contributed by atoms with Crippen molar-refractivity contribution < 1.29 is 9.47 Å². The number of halogens is 1. The van der Waals surface area contributed by atoms with Crippen LogP contribution in [0.25, 0.3) is 5.52 Å². The summed E-state index contributed by atoms with van der Waals surface area (Å²) >= 11 is 6.01. The fourth-order valence-electron chi connectivity index (χ4n) is 3.54. The molecule has 0 bridgehead atoms. The molecule has 7 heteroatoms. The maximum absolute atomic E-state index is 12.2. The quantitative estimate of drug-likeness (QED) is 0.935. The smallest absolute Gasteiger partial charge is 0.276 e. The van der Waals surface area contributed by atoms with Gasteiger partial charge in [0.05, 0.1) is 11.1 Å². The van der Waals surface area contributed by atoms with Crippen molar-refractivity contribution >= 4 is 17.1 Å². The van der Waals surface area contributed by atoms with E-state index < -0.39 is 0 Å². The highest BCUT2D eigenvalue weighted by molar-refractivity contribution is 6.33. The molecule has 0 aromatic carbocycles. The lowest BCUT2D eigenvalue weighted by molar-refractivity contribution is -0.186. The minimum absolute atomic E-state index is 0.0646. The van der Waals surface area contributed by atoms with E-state index in [4.69, 9.17) is 21.1 Å². The van der Waals surface area contributed by atoms with E-state index in [1.54, 1.807) is 16.8 Å². The Balaban J connectivity index is 1.48. The van der Waals surface area contributed by atoms with Crippen LogP contribution in [0, 0.1) is 0 Å². The predicted molar refractivity (Wildman–Crippen MR) is 85.9 cm³/mol. The molecule has 1 N–H and O–H groups in total. The Morgan fingerprint density at radius 3 is 3.09 bits per heavy atom. The van der Waals surface area contributed by atoms with Crippen molar-refractivity contribution in [1.82, 2.24) is 14.6 Å². The van der Waals surface area contributed by atoms with Gasteiger partial charge in [-0.05, 0) is 44.6 Å². The van der Waals surface area contributed by atoms with E-state index >= 15 is 0 Å². The van der Waals surface area contributed by atoms with Crippen LogP contribution in [0.3, 0.4) is 0 Å². The zero-order valence-corrected chi connectivity index (χ0v) is 13.6. The lowest BCUT2D eigenvalue weighted by Gasteiger charge is -2.25. The normalized spacial score (nSPS) is 28.5. The summed E-state index contributed by atoms with van der Waals surface area (Å²) < 4.78 is 13.3. The number of rotatable bonds is 3. The Morgan fingerprint density at radius 2 is 2.26 bits per heavy atom. The molecule has 1 saturated heterocycles. The van der Waals surface area contributed by atoms with Gasteiger partial charge in [0.15, 0.2) is 6.29 Å². The van der Waals surface area contributed by atoms with Gasteiger partial charge in [0.25, 0.3) is 5.56 Å². The van der Waals surface area contributed by atoms with Crippen molar-refractivity contribution in [3.63, 3.8) is 0 Å². The number of aromatic nitrogens is 3. The van der Waals surface area contributed by atoms with Crippen molar-refractivity contribution in [2.45, 2.75) is 56.8 Å². The topological polar surface area (TPSA) is 68.6 Å². The van der Waals surface area contributed by atoms with Gasteiger partial charge in [-0.15, -0.1) is 0 Å². The van der Waals surface area contributed by atoms with Crippen LogP contribution in [0.5, 0.6) is 0 Å². The van der Waals surface area contributed by atoms with Gasteiger partial charge >= 0.3 is 0 Å². The summed E-state index contributed by atoms with van der Waals surface area (Å²) in [5, 5.41) is 4.93. The van der Waals surface area contributed by atoms with Crippen molar-refractivity contribution in [2.24, 2.45) is 0 Å². The van der Waals surface area contributed by atoms with Gasteiger partial charge in [-0.1, -0.05) is 11.6 Å². The van der Waals surface area contributed by atoms with Crippen LogP contribution in [0.15, 0.2) is 17.1 Å². The summed E-state index contributed by atoms with van der Waals surface area (Å²) in [5.41, 5.74) is 0.210. The monoisotopic (exact) mass is 337 g/mol. The van der Waals surface area contributed by atoms with Crippen molar-refractivity contribution in [3.8, 4) is 0 Å². The van der Waals surface area contributed by atoms with Gasteiger partial charge in [-0.3, -0.25) is 4.79 Å². The van der Waals surface area contributed by atoms with Crippen LogP contribution >= 0.6 is 11.6 Å². The minimum Gasteiger partial charge on any atom is -0.353 e. The van der Waals surface area contributed by atoms with E-state index in [2.05, 4.69) is 10.1 Å². The summed E-state index contributed by atoms with van der Waals surface area (Å²) in [6.45, 7) is 0.792. The third kappa shape index (κ3) is 3.03. The number of nitrogens with zero attached hydrogens (tertiary/aromatic N) is 2. The molecular formula is C16H20ClN3O3. The van der Waals surface area contributed by atoms with Crippen molar-refractivity contribution in [3.05, 3.63) is 33.5 Å².